The molecular weight excluding hydrogens is 322 g/mol. The molecule has 8 nitrogen and oxygen atoms in total. The summed E-state index contributed by atoms with van der Waals surface area (Å²) in [5.74, 6) is -1.40. The highest BCUT2D eigenvalue weighted by Crippen LogP contribution is 2.34. The van der Waals surface area contributed by atoms with E-state index in [1.54, 1.807) is 20.8 Å². The van der Waals surface area contributed by atoms with E-state index in [4.69, 9.17) is 14.9 Å². The van der Waals surface area contributed by atoms with Crippen molar-refractivity contribution in [1.82, 2.24) is 9.97 Å². The molecule has 1 atom stereocenters. The Bertz CT molecular complexity index is 743. The molecule has 0 fully saturated rings. The average Bonchev–Trinajstić information content (AvgIpc) is 2.82. The second kappa shape index (κ2) is 6.88. The number of carboxylic acids is 1. The van der Waals surface area contributed by atoms with Crippen molar-refractivity contribution in [2.24, 2.45) is 0 Å². The van der Waals surface area contributed by atoms with Gasteiger partial charge in [0.1, 0.15) is 27.9 Å². The Labute approximate surface area is 136 Å². The average molecular weight is 339 g/mol. The molecule has 0 aliphatic carbocycles. The van der Waals surface area contributed by atoms with Crippen molar-refractivity contribution in [3.05, 3.63) is 16.8 Å². The number of ether oxygens (including phenoxy) is 1. The number of aliphatic carboxylic acids is 1. The van der Waals surface area contributed by atoms with Gasteiger partial charge < -0.3 is 20.3 Å². The number of aliphatic hydroxyl groups is 1. The monoisotopic (exact) mass is 339 g/mol. The summed E-state index contributed by atoms with van der Waals surface area (Å²) in [5.41, 5.74) is 0.612. The van der Waals surface area contributed by atoms with E-state index in [0.717, 1.165) is 11.3 Å². The first-order valence-corrected chi connectivity index (χ1v) is 7.72. The van der Waals surface area contributed by atoms with Crippen LogP contribution in [0.25, 0.3) is 10.2 Å². The first kappa shape index (κ1) is 17.1. The normalized spacial score (nSPS) is 12.4. The standard InChI is InChI=1S/C14H17N3O5S/c1-6(2)22-14(21)10-7(3)9-11(15-5-16-12(9)23-10)17-8(4-18)13(19)20/h5-6,8,18H,4H2,1-3H3,(H,19,20)(H,15,16,17). The van der Waals surface area contributed by atoms with Gasteiger partial charge in [0.2, 0.25) is 0 Å². The number of nitrogens with zero attached hydrogens (tertiary/aromatic N) is 2. The van der Waals surface area contributed by atoms with Crippen LogP contribution >= 0.6 is 11.3 Å². The molecule has 2 aromatic heterocycles. The highest BCUT2D eigenvalue weighted by Gasteiger charge is 2.23. The summed E-state index contributed by atoms with van der Waals surface area (Å²) in [6.07, 6.45) is 1.02. The summed E-state index contributed by atoms with van der Waals surface area (Å²) in [5, 5.41) is 21.4. The molecule has 2 aromatic rings. The van der Waals surface area contributed by atoms with Crippen LogP contribution < -0.4 is 5.32 Å². The van der Waals surface area contributed by atoms with Gasteiger partial charge in [0.25, 0.3) is 0 Å². The third kappa shape index (κ3) is 3.57. The van der Waals surface area contributed by atoms with Gasteiger partial charge in [-0.3, -0.25) is 0 Å². The van der Waals surface area contributed by atoms with Gasteiger partial charge in [0.05, 0.1) is 18.1 Å². The molecule has 0 aliphatic rings. The largest absolute Gasteiger partial charge is 0.480 e. The van der Waals surface area contributed by atoms with Crippen molar-refractivity contribution in [3.63, 3.8) is 0 Å². The molecule has 0 aliphatic heterocycles. The highest BCUT2D eigenvalue weighted by atomic mass is 32.1. The number of carbonyl (C=O) groups excluding carboxylic acids is 1. The van der Waals surface area contributed by atoms with Crippen molar-refractivity contribution >= 4 is 39.3 Å². The molecule has 23 heavy (non-hydrogen) atoms. The van der Waals surface area contributed by atoms with Gasteiger partial charge in [-0.25, -0.2) is 19.6 Å². The van der Waals surface area contributed by atoms with E-state index in [-0.39, 0.29) is 11.9 Å². The van der Waals surface area contributed by atoms with E-state index in [1.165, 1.54) is 6.33 Å². The number of aromatic nitrogens is 2. The first-order valence-electron chi connectivity index (χ1n) is 6.90. The minimum Gasteiger partial charge on any atom is -0.480 e. The van der Waals surface area contributed by atoms with Crippen LogP contribution in [0.3, 0.4) is 0 Å². The van der Waals surface area contributed by atoms with Gasteiger partial charge >= 0.3 is 11.9 Å². The summed E-state index contributed by atoms with van der Waals surface area (Å²) in [7, 11) is 0. The second-order valence-corrected chi connectivity index (χ2v) is 6.13. The molecule has 124 valence electrons. The zero-order valence-electron chi connectivity index (χ0n) is 12.9. The number of aliphatic hydroxyl groups excluding tert-OH is 1. The predicted molar refractivity (Wildman–Crippen MR) is 84.8 cm³/mol. The molecule has 9 heteroatoms. The van der Waals surface area contributed by atoms with Crippen LogP contribution in [0.15, 0.2) is 6.33 Å². The fraction of sp³-hybridized carbons (Fsp3) is 0.429. The van der Waals surface area contributed by atoms with Crippen molar-refractivity contribution in [2.75, 3.05) is 11.9 Å². The summed E-state index contributed by atoms with van der Waals surface area (Å²) in [6, 6.07) is -1.20. The fourth-order valence-corrected chi connectivity index (χ4v) is 3.03. The lowest BCUT2D eigenvalue weighted by molar-refractivity contribution is -0.138. The van der Waals surface area contributed by atoms with E-state index < -0.39 is 24.6 Å². The quantitative estimate of drug-likeness (QED) is 0.676. The number of anilines is 1. The Kier molecular flexibility index (Phi) is 5.12. The van der Waals surface area contributed by atoms with E-state index in [1.807, 2.05) is 0 Å². The Morgan fingerprint density at radius 3 is 2.65 bits per heavy atom. The number of carboxylic acid groups (broad SMARTS) is 1. The Morgan fingerprint density at radius 2 is 2.09 bits per heavy atom. The number of hydrogen-bond donors (Lipinski definition) is 3. The van der Waals surface area contributed by atoms with Gasteiger partial charge in [-0.15, -0.1) is 11.3 Å². The number of hydrogen-bond acceptors (Lipinski definition) is 8. The first-order chi connectivity index (χ1) is 10.8. The fourth-order valence-electron chi connectivity index (χ4n) is 1.99. The molecule has 0 spiro atoms. The Hall–Kier alpha value is -2.26. The third-order valence-corrected chi connectivity index (χ3v) is 4.23. The molecule has 0 saturated carbocycles. The van der Waals surface area contributed by atoms with Crippen LogP contribution in [-0.4, -0.2) is 50.9 Å². The van der Waals surface area contributed by atoms with Crippen molar-refractivity contribution in [1.29, 1.82) is 0 Å². The van der Waals surface area contributed by atoms with Crippen LogP contribution in [0.1, 0.15) is 29.1 Å². The SMILES string of the molecule is Cc1c(C(=O)OC(C)C)sc2ncnc(NC(CO)C(=O)O)c12. The molecule has 0 amide bonds. The van der Waals surface area contributed by atoms with Crippen molar-refractivity contribution in [3.8, 4) is 0 Å². The number of aryl methyl sites for hydroxylation is 1. The van der Waals surface area contributed by atoms with Gasteiger partial charge in [0, 0.05) is 0 Å². The van der Waals surface area contributed by atoms with E-state index in [0.29, 0.717) is 20.7 Å². The molecule has 2 rings (SSSR count). The molecular formula is C14H17N3O5S. The molecule has 2 heterocycles. The maximum absolute atomic E-state index is 12.1. The number of thiophene rings is 1. The number of nitrogens with one attached hydrogen (secondary N) is 1. The van der Waals surface area contributed by atoms with Crippen LogP contribution in [-0.2, 0) is 9.53 Å². The molecule has 3 N–H and O–H groups in total. The number of rotatable bonds is 6. The summed E-state index contributed by atoms with van der Waals surface area (Å²) in [6.45, 7) is 4.64. The van der Waals surface area contributed by atoms with Crippen LogP contribution in [0, 0.1) is 6.92 Å². The number of fused-ring (bicyclic) bond motifs is 1. The maximum atomic E-state index is 12.1. The van der Waals surface area contributed by atoms with Gasteiger partial charge in [0.15, 0.2) is 0 Å². The van der Waals surface area contributed by atoms with Crippen LogP contribution in [0.4, 0.5) is 5.82 Å². The molecule has 1 unspecified atom stereocenters. The van der Waals surface area contributed by atoms with Gasteiger partial charge in [-0.1, -0.05) is 0 Å². The lowest BCUT2D eigenvalue weighted by atomic mass is 10.2. The lowest BCUT2D eigenvalue weighted by Crippen LogP contribution is -2.33. The van der Waals surface area contributed by atoms with E-state index in [9.17, 15) is 9.59 Å². The summed E-state index contributed by atoms with van der Waals surface area (Å²) >= 11 is 1.16. The lowest BCUT2D eigenvalue weighted by Gasteiger charge is -2.13. The molecule has 0 aromatic carbocycles. The van der Waals surface area contributed by atoms with Gasteiger partial charge in [-0.05, 0) is 26.3 Å². The second-order valence-electron chi connectivity index (χ2n) is 5.13. The predicted octanol–water partition coefficient (Wildman–Crippen LogP) is 1.42. The zero-order chi connectivity index (χ0) is 17.1. The Balaban J connectivity index is 2.46. The minimum atomic E-state index is -1.20. The smallest absolute Gasteiger partial charge is 0.348 e. The molecule has 0 saturated heterocycles. The Morgan fingerprint density at radius 1 is 1.39 bits per heavy atom. The van der Waals surface area contributed by atoms with E-state index >= 15 is 0 Å². The zero-order valence-corrected chi connectivity index (χ0v) is 13.7. The highest BCUT2D eigenvalue weighted by molar-refractivity contribution is 7.20. The topological polar surface area (TPSA) is 122 Å². The molecule has 0 radical (unpaired) electrons. The van der Waals surface area contributed by atoms with Crippen LogP contribution in [0.5, 0.6) is 0 Å². The van der Waals surface area contributed by atoms with Crippen molar-refractivity contribution < 1.29 is 24.5 Å². The van der Waals surface area contributed by atoms with Crippen molar-refractivity contribution in [2.45, 2.75) is 32.9 Å². The van der Waals surface area contributed by atoms with Gasteiger partial charge in [-0.2, -0.15) is 0 Å². The maximum Gasteiger partial charge on any atom is 0.348 e. The summed E-state index contributed by atoms with van der Waals surface area (Å²) < 4.78 is 5.20. The summed E-state index contributed by atoms with van der Waals surface area (Å²) in [4.78, 5) is 32.3. The third-order valence-electron chi connectivity index (χ3n) is 3.05. The molecule has 0 bridgehead atoms. The van der Waals surface area contributed by atoms with E-state index in [2.05, 4.69) is 15.3 Å². The minimum absolute atomic E-state index is 0.249. The number of carbonyl (C=O) groups is 2. The number of esters is 1. The van der Waals surface area contributed by atoms with Crippen LogP contribution in [0.2, 0.25) is 0 Å².